The predicted molar refractivity (Wildman–Crippen MR) is 95.3 cm³/mol. The van der Waals surface area contributed by atoms with E-state index < -0.39 is 10.0 Å². The summed E-state index contributed by atoms with van der Waals surface area (Å²) >= 11 is 0. The second-order valence-electron chi connectivity index (χ2n) is 5.77. The first-order valence-electron chi connectivity index (χ1n) is 7.84. The highest BCUT2D eigenvalue weighted by Crippen LogP contribution is 2.22. The van der Waals surface area contributed by atoms with Crippen molar-refractivity contribution in [1.29, 1.82) is 0 Å². The number of hydroxylamine groups is 1. The Labute approximate surface area is 152 Å². The third-order valence-electron chi connectivity index (χ3n) is 4.25. The average Bonchev–Trinajstić information content (AvgIpc) is 2.66. The largest absolute Gasteiger partial charge is 0.335 e. The standard InChI is InChI=1S/C18H21FN2O4S/c1-13(14-5-9-16(19)10-6-14)20(2)18(22)15-7-11-17(12-8-15)26(23,24)21(3)25-4/h5-13H,1-4H3. The molecular formula is C18H21FN2O4S. The van der Waals surface area contributed by atoms with Crippen LogP contribution in [0.25, 0.3) is 0 Å². The van der Waals surface area contributed by atoms with Gasteiger partial charge in [0.05, 0.1) is 18.0 Å². The maximum atomic E-state index is 13.0. The molecule has 8 heteroatoms. The van der Waals surface area contributed by atoms with E-state index in [9.17, 15) is 17.6 Å². The topological polar surface area (TPSA) is 66.9 Å². The molecule has 0 spiro atoms. The molecule has 1 atom stereocenters. The van der Waals surface area contributed by atoms with Crippen LogP contribution in [-0.4, -0.2) is 44.9 Å². The lowest BCUT2D eigenvalue weighted by molar-refractivity contribution is -0.0258. The third kappa shape index (κ3) is 4.09. The maximum Gasteiger partial charge on any atom is 0.264 e. The van der Waals surface area contributed by atoms with E-state index in [2.05, 4.69) is 0 Å². The van der Waals surface area contributed by atoms with Crippen molar-refractivity contribution in [1.82, 2.24) is 9.37 Å². The van der Waals surface area contributed by atoms with Gasteiger partial charge in [0.15, 0.2) is 0 Å². The number of hydrogen-bond donors (Lipinski definition) is 0. The molecule has 1 unspecified atom stereocenters. The predicted octanol–water partition coefficient (Wildman–Crippen LogP) is 2.84. The minimum Gasteiger partial charge on any atom is -0.335 e. The third-order valence-corrected chi connectivity index (χ3v) is 5.94. The molecule has 0 saturated heterocycles. The first kappa shape index (κ1) is 20.0. The Kier molecular flexibility index (Phi) is 6.12. The normalized spacial score (nSPS) is 12.8. The fourth-order valence-corrected chi connectivity index (χ4v) is 3.33. The van der Waals surface area contributed by atoms with Gasteiger partial charge in [0.2, 0.25) is 0 Å². The van der Waals surface area contributed by atoms with Crippen LogP contribution in [0.4, 0.5) is 4.39 Å². The van der Waals surface area contributed by atoms with Crippen molar-refractivity contribution in [3.05, 3.63) is 65.5 Å². The van der Waals surface area contributed by atoms with Gasteiger partial charge in [0.25, 0.3) is 15.9 Å². The highest BCUT2D eigenvalue weighted by Gasteiger charge is 2.23. The summed E-state index contributed by atoms with van der Waals surface area (Å²) in [6.07, 6.45) is 0. The molecule has 2 aromatic carbocycles. The van der Waals surface area contributed by atoms with Crippen LogP contribution in [0.1, 0.15) is 28.9 Å². The van der Waals surface area contributed by atoms with E-state index in [-0.39, 0.29) is 22.7 Å². The molecule has 0 N–H and O–H groups in total. The molecule has 2 rings (SSSR count). The summed E-state index contributed by atoms with van der Waals surface area (Å²) in [6.45, 7) is 1.83. The Morgan fingerprint density at radius 3 is 2.08 bits per heavy atom. The van der Waals surface area contributed by atoms with Gasteiger partial charge >= 0.3 is 0 Å². The SMILES string of the molecule is CON(C)S(=O)(=O)c1ccc(C(=O)N(C)C(C)c2ccc(F)cc2)cc1. The monoisotopic (exact) mass is 380 g/mol. The van der Waals surface area contributed by atoms with Crippen LogP contribution in [0, 0.1) is 5.82 Å². The summed E-state index contributed by atoms with van der Waals surface area (Å²) in [5.41, 5.74) is 1.14. The molecule has 0 saturated carbocycles. The molecule has 0 radical (unpaired) electrons. The zero-order valence-electron chi connectivity index (χ0n) is 15.0. The lowest BCUT2D eigenvalue weighted by atomic mass is 10.1. The summed E-state index contributed by atoms with van der Waals surface area (Å²) in [5.74, 6) is -0.612. The highest BCUT2D eigenvalue weighted by atomic mass is 32.2. The molecular weight excluding hydrogens is 359 g/mol. The number of hydrogen-bond acceptors (Lipinski definition) is 4. The van der Waals surface area contributed by atoms with E-state index in [0.29, 0.717) is 5.56 Å². The molecule has 0 heterocycles. The molecule has 0 aliphatic heterocycles. The smallest absolute Gasteiger partial charge is 0.264 e. The molecule has 0 aromatic heterocycles. The lowest BCUT2D eigenvalue weighted by Crippen LogP contribution is -2.30. The number of amides is 1. The quantitative estimate of drug-likeness (QED) is 0.723. The Morgan fingerprint density at radius 2 is 1.58 bits per heavy atom. The van der Waals surface area contributed by atoms with E-state index in [1.54, 1.807) is 19.2 Å². The van der Waals surface area contributed by atoms with Gasteiger partial charge in [-0.25, -0.2) is 12.8 Å². The van der Waals surface area contributed by atoms with Crippen molar-refractivity contribution in [3.8, 4) is 0 Å². The number of carbonyl (C=O) groups is 1. The Morgan fingerprint density at radius 1 is 1.04 bits per heavy atom. The van der Waals surface area contributed by atoms with E-state index in [4.69, 9.17) is 4.84 Å². The van der Waals surface area contributed by atoms with Crippen LogP contribution in [-0.2, 0) is 14.9 Å². The van der Waals surface area contributed by atoms with Gasteiger partial charge in [-0.3, -0.25) is 9.63 Å². The molecule has 0 bridgehead atoms. The second kappa shape index (κ2) is 7.94. The lowest BCUT2D eigenvalue weighted by Gasteiger charge is -2.25. The minimum atomic E-state index is -3.76. The Balaban J connectivity index is 2.20. The maximum absolute atomic E-state index is 13.0. The van der Waals surface area contributed by atoms with Gasteiger partial charge in [0, 0.05) is 19.7 Å². The zero-order valence-corrected chi connectivity index (χ0v) is 15.8. The second-order valence-corrected chi connectivity index (χ2v) is 7.70. The van der Waals surface area contributed by atoms with Crippen molar-refractivity contribution in [2.75, 3.05) is 21.2 Å². The van der Waals surface area contributed by atoms with Gasteiger partial charge in [0.1, 0.15) is 5.82 Å². The average molecular weight is 380 g/mol. The molecule has 6 nitrogen and oxygen atoms in total. The molecule has 1 amide bonds. The summed E-state index contributed by atoms with van der Waals surface area (Å²) < 4.78 is 38.1. The number of sulfonamides is 1. The Hall–Kier alpha value is -2.29. The van der Waals surface area contributed by atoms with Gasteiger partial charge in [-0.2, -0.15) is 0 Å². The van der Waals surface area contributed by atoms with Crippen molar-refractivity contribution >= 4 is 15.9 Å². The van der Waals surface area contributed by atoms with Crippen molar-refractivity contribution in [2.45, 2.75) is 17.9 Å². The highest BCUT2D eigenvalue weighted by molar-refractivity contribution is 7.89. The van der Waals surface area contributed by atoms with Crippen LogP contribution in [0.15, 0.2) is 53.4 Å². The summed E-state index contributed by atoms with van der Waals surface area (Å²) in [6, 6.07) is 11.3. The van der Waals surface area contributed by atoms with Crippen LogP contribution in [0.2, 0.25) is 0 Å². The van der Waals surface area contributed by atoms with E-state index in [1.165, 1.54) is 55.5 Å². The fraction of sp³-hybridized carbons (Fsp3) is 0.278. The van der Waals surface area contributed by atoms with Crippen LogP contribution in [0.5, 0.6) is 0 Å². The number of benzene rings is 2. The number of halogens is 1. The molecule has 0 aliphatic carbocycles. The molecule has 26 heavy (non-hydrogen) atoms. The summed E-state index contributed by atoms with van der Waals surface area (Å²) in [7, 11) is 0.410. The van der Waals surface area contributed by atoms with Crippen molar-refractivity contribution in [2.24, 2.45) is 0 Å². The Bertz CT molecular complexity index is 867. The van der Waals surface area contributed by atoms with Gasteiger partial charge in [-0.15, -0.1) is 0 Å². The van der Waals surface area contributed by atoms with E-state index >= 15 is 0 Å². The first-order chi connectivity index (χ1) is 12.2. The number of nitrogens with zero attached hydrogens (tertiary/aromatic N) is 2. The van der Waals surface area contributed by atoms with E-state index in [0.717, 1.165) is 10.0 Å². The van der Waals surface area contributed by atoms with Crippen LogP contribution < -0.4 is 0 Å². The van der Waals surface area contributed by atoms with E-state index in [1.807, 2.05) is 6.92 Å². The van der Waals surface area contributed by atoms with Crippen LogP contribution >= 0.6 is 0 Å². The van der Waals surface area contributed by atoms with Gasteiger partial charge < -0.3 is 4.90 Å². The molecule has 140 valence electrons. The summed E-state index contributed by atoms with van der Waals surface area (Å²) in [4.78, 5) is 18.9. The molecule has 2 aromatic rings. The molecule has 0 fully saturated rings. The minimum absolute atomic E-state index is 0.0210. The first-order valence-corrected chi connectivity index (χ1v) is 9.28. The van der Waals surface area contributed by atoms with Crippen molar-refractivity contribution < 1.29 is 22.4 Å². The van der Waals surface area contributed by atoms with Crippen LogP contribution in [0.3, 0.4) is 0 Å². The molecule has 0 aliphatic rings. The number of rotatable bonds is 6. The van der Waals surface area contributed by atoms with Gasteiger partial charge in [-0.1, -0.05) is 16.6 Å². The fourth-order valence-electron chi connectivity index (χ4n) is 2.36. The summed E-state index contributed by atoms with van der Waals surface area (Å²) in [5, 5.41) is 0. The zero-order chi connectivity index (χ0) is 19.5. The number of carbonyl (C=O) groups excluding carboxylic acids is 1. The van der Waals surface area contributed by atoms with Gasteiger partial charge in [-0.05, 0) is 48.9 Å². The van der Waals surface area contributed by atoms with Crippen molar-refractivity contribution in [3.63, 3.8) is 0 Å².